The Kier molecular flexibility index (Phi) is 6.46. The second-order valence-electron chi connectivity index (χ2n) is 6.18. The van der Waals surface area contributed by atoms with Crippen LogP contribution in [0.1, 0.15) is 27.3 Å². The molecular formula is C20H20O4S3. The van der Waals surface area contributed by atoms with Crippen molar-refractivity contribution in [1.29, 1.82) is 0 Å². The molecule has 0 aliphatic heterocycles. The highest BCUT2D eigenvalue weighted by molar-refractivity contribution is 7.26. The fourth-order valence-electron chi connectivity index (χ4n) is 2.85. The quantitative estimate of drug-likeness (QED) is 0.364. The highest BCUT2D eigenvalue weighted by Crippen LogP contribution is 2.43. The first-order valence-electron chi connectivity index (χ1n) is 8.54. The van der Waals surface area contributed by atoms with E-state index in [2.05, 4.69) is 38.1 Å². The standard InChI is InChI=1S/C20H20O4S3/c1-12-3-5-16(25-12)20-15(4-6-19(22)23)10-18(27-20)17-9-14(13(2)26-17)7-8-24-11-21/h3,5,9-11H,4,6-8H2,1-2H3,(H,22,23). The predicted octanol–water partition coefficient (Wildman–Crippen LogP) is 5.55. The molecule has 3 aromatic rings. The number of thiophene rings is 3. The van der Waals surface area contributed by atoms with Crippen molar-refractivity contribution in [3.63, 3.8) is 0 Å². The molecule has 3 rings (SSSR count). The van der Waals surface area contributed by atoms with E-state index in [1.54, 1.807) is 34.0 Å². The van der Waals surface area contributed by atoms with Gasteiger partial charge in [0.2, 0.25) is 0 Å². The summed E-state index contributed by atoms with van der Waals surface area (Å²) in [5.74, 6) is -0.777. The largest absolute Gasteiger partial charge is 0.481 e. The SMILES string of the molecule is Cc1ccc(-c2sc(-c3cc(CCOC=O)c(C)s3)cc2CCC(=O)O)s1. The molecule has 3 aromatic heterocycles. The number of ether oxygens (including phenoxy) is 1. The third kappa shape index (κ3) is 4.86. The molecule has 0 unspecified atom stereocenters. The topological polar surface area (TPSA) is 63.6 Å². The van der Waals surface area contributed by atoms with Gasteiger partial charge >= 0.3 is 5.97 Å². The first-order chi connectivity index (χ1) is 13.0. The molecule has 0 saturated heterocycles. The van der Waals surface area contributed by atoms with Crippen molar-refractivity contribution >= 4 is 46.5 Å². The van der Waals surface area contributed by atoms with Crippen LogP contribution in [0.4, 0.5) is 0 Å². The maximum Gasteiger partial charge on any atom is 0.303 e. The van der Waals surface area contributed by atoms with E-state index in [0.717, 1.165) is 10.4 Å². The average Bonchev–Trinajstić information content (AvgIpc) is 3.32. The lowest BCUT2D eigenvalue weighted by Crippen LogP contribution is -1.97. The van der Waals surface area contributed by atoms with Crippen molar-refractivity contribution in [3.05, 3.63) is 45.1 Å². The molecule has 3 heterocycles. The van der Waals surface area contributed by atoms with Crippen LogP contribution in [0.2, 0.25) is 0 Å². The van der Waals surface area contributed by atoms with Gasteiger partial charge in [0.15, 0.2) is 0 Å². The summed E-state index contributed by atoms with van der Waals surface area (Å²) < 4.78 is 4.82. The third-order valence-corrected chi connectivity index (χ3v) is 7.85. The molecule has 0 atom stereocenters. The highest BCUT2D eigenvalue weighted by Gasteiger charge is 2.17. The van der Waals surface area contributed by atoms with E-state index in [0.29, 0.717) is 25.9 Å². The average molecular weight is 421 g/mol. The van der Waals surface area contributed by atoms with Gasteiger partial charge in [0, 0.05) is 42.1 Å². The summed E-state index contributed by atoms with van der Waals surface area (Å²) in [7, 11) is 0. The second-order valence-corrected chi connectivity index (χ2v) is 9.77. The maximum atomic E-state index is 11.0. The van der Waals surface area contributed by atoms with Crippen LogP contribution in [0.15, 0.2) is 24.3 Å². The zero-order valence-electron chi connectivity index (χ0n) is 15.1. The predicted molar refractivity (Wildman–Crippen MR) is 112 cm³/mol. The number of carbonyl (C=O) groups excluding carboxylic acids is 1. The zero-order valence-corrected chi connectivity index (χ0v) is 17.6. The Bertz CT molecular complexity index is 948. The van der Waals surface area contributed by atoms with Crippen molar-refractivity contribution in [2.45, 2.75) is 33.1 Å². The van der Waals surface area contributed by atoms with E-state index in [1.807, 2.05) is 0 Å². The Morgan fingerprint density at radius 2 is 1.78 bits per heavy atom. The van der Waals surface area contributed by atoms with Gasteiger partial charge in [0.05, 0.1) is 6.61 Å². The smallest absolute Gasteiger partial charge is 0.303 e. The molecule has 0 saturated carbocycles. The molecule has 1 N–H and O–H groups in total. The Labute approximate surface area is 170 Å². The summed E-state index contributed by atoms with van der Waals surface area (Å²) in [6, 6.07) is 8.50. The fourth-order valence-corrected chi connectivity index (χ4v) is 6.22. The van der Waals surface area contributed by atoms with Gasteiger partial charge in [-0.15, -0.1) is 34.0 Å². The molecule has 0 aliphatic rings. The zero-order chi connectivity index (χ0) is 19.4. The molecule has 0 spiro atoms. The fraction of sp³-hybridized carbons (Fsp3) is 0.300. The number of rotatable bonds is 9. The minimum absolute atomic E-state index is 0.130. The molecule has 0 aliphatic carbocycles. The lowest BCUT2D eigenvalue weighted by molar-refractivity contribution is -0.137. The van der Waals surface area contributed by atoms with E-state index in [4.69, 9.17) is 9.84 Å². The van der Waals surface area contributed by atoms with Crippen LogP contribution in [0.25, 0.3) is 19.5 Å². The molecular weight excluding hydrogens is 400 g/mol. The molecule has 0 amide bonds. The normalized spacial score (nSPS) is 10.9. The molecule has 0 bridgehead atoms. The van der Waals surface area contributed by atoms with E-state index in [1.165, 1.54) is 29.9 Å². The summed E-state index contributed by atoms with van der Waals surface area (Å²) >= 11 is 5.18. The number of hydrogen-bond acceptors (Lipinski definition) is 6. The lowest BCUT2D eigenvalue weighted by Gasteiger charge is -1.99. The minimum Gasteiger partial charge on any atom is -0.481 e. The Morgan fingerprint density at radius 3 is 2.44 bits per heavy atom. The summed E-state index contributed by atoms with van der Waals surface area (Å²) in [6.07, 6.45) is 1.36. The van der Waals surface area contributed by atoms with Gasteiger partial charge in [-0.1, -0.05) is 0 Å². The van der Waals surface area contributed by atoms with Crippen LogP contribution >= 0.6 is 34.0 Å². The number of carboxylic acid groups (broad SMARTS) is 1. The monoisotopic (exact) mass is 420 g/mol. The van der Waals surface area contributed by atoms with Crippen LogP contribution in [-0.4, -0.2) is 24.2 Å². The van der Waals surface area contributed by atoms with E-state index in [-0.39, 0.29) is 6.42 Å². The summed E-state index contributed by atoms with van der Waals surface area (Å²) in [5, 5.41) is 9.08. The number of carboxylic acids is 1. The van der Waals surface area contributed by atoms with Gasteiger partial charge in [0.1, 0.15) is 0 Å². The van der Waals surface area contributed by atoms with Gasteiger partial charge in [-0.25, -0.2) is 0 Å². The summed E-state index contributed by atoms with van der Waals surface area (Å²) in [4.78, 5) is 28.5. The molecule has 142 valence electrons. The van der Waals surface area contributed by atoms with E-state index >= 15 is 0 Å². The summed E-state index contributed by atoms with van der Waals surface area (Å²) in [6.45, 7) is 5.02. The Hall–Kier alpha value is -1.96. The molecule has 27 heavy (non-hydrogen) atoms. The van der Waals surface area contributed by atoms with Crippen LogP contribution in [0.5, 0.6) is 0 Å². The second kappa shape index (κ2) is 8.82. The van der Waals surface area contributed by atoms with Gasteiger partial charge in [-0.2, -0.15) is 0 Å². The van der Waals surface area contributed by atoms with Crippen molar-refractivity contribution < 1.29 is 19.4 Å². The minimum atomic E-state index is -0.777. The van der Waals surface area contributed by atoms with E-state index in [9.17, 15) is 9.59 Å². The van der Waals surface area contributed by atoms with Crippen LogP contribution in [0.3, 0.4) is 0 Å². The first kappa shape index (κ1) is 19.8. The number of aryl methyl sites for hydroxylation is 3. The van der Waals surface area contributed by atoms with Crippen molar-refractivity contribution in [2.24, 2.45) is 0 Å². The first-order valence-corrected chi connectivity index (χ1v) is 11.0. The molecule has 7 heteroatoms. The Morgan fingerprint density at radius 1 is 1.04 bits per heavy atom. The lowest BCUT2D eigenvalue weighted by atomic mass is 10.1. The summed E-state index contributed by atoms with van der Waals surface area (Å²) in [5.41, 5.74) is 2.28. The van der Waals surface area contributed by atoms with Gasteiger partial charge in [-0.3, -0.25) is 9.59 Å². The van der Waals surface area contributed by atoms with Crippen molar-refractivity contribution in [1.82, 2.24) is 0 Å². The number of hydrogen-bond donors (Lipinski definition) is 1. The Balaban J connectivity index is 1.92. The molecule has 0 aromatic carbocycles. The molecule has 0 radical (unpaired) electrons. The highest BCUT2D eigenvalue weighted by atomic mass is 32.1. The van der Waals surface area contributed by atoms with Crippen LogP contribution in [-0.2, 0) is 27.2 Å². The third-order valence-electron chi connectivity index (χ3n) is 4.20. The number of aliphatic carboxylic acids is 1. The van der Waals surface area contributed by atoms with Crippen molar-refractivity contribution in [3.8, 4) is 19.5 Å². The molecule has 0 fully saturated rings. The van der Waals surface area contributed by atoms with Crippen LogP contribution < -0.4 is 0 Å². The molecule has 4 nitrogen and oxygen atoms in total. The van der Waals surface area contributed by atoms with E-state index < -0.39 is 5.97 Å². The van der Waals surface area contributed by atoms with Gasteiger partial charge < -0.3 is 9.84 Å². The van der Waals surface area contributed by atoms with Crippen LogP contribution in [0, 0.1) is 13.8 Å². The van der Waals surface area contributed by atoms with Gasteiger partial charge in [-0.05, 0) is 55.7 Å². The number of carbonyl (C=O) groups is 2. The van der Waals surface area contributed by atoms with Crippen molar-refractivity contribution in [2.75, 3.05) is 6.61 Å². The maximum absolute atomic E-state index is 11.0. The van der Waals surface area contributed by atoms with Gasteiger partial charge in [0.25, 0.3) is 6.47 Å².